The van der Waals surface area contributed by atoms with Crippen molar-refractivity contribution in [1.82, 2.24) is 0 Å². The summed E-state index contributed by atoms with van der Waals surface area (Å²) >= 11 is 0. The quantitative estimate of drug-likeness (QED) is 0.790. The third kappa shape index (κ3) is 1.62. The second-order valence-electron chi connectivity index (χ2n) is 4.17. The zero-order chi connectivity index (χ0) is 10.9. The topological polar surface area (TPSA) is 55.5 Å². The molecule has 1 aliphatic carbocycles. The van der Waals surface area contributed by atoms with Crippen LogP contribution in [0.25, 0.3) is 0 Å². The number of methoxy groups -OCH3 is 1. The third-order valence-electron chi connectivity index (χ3n) is 3.25. The van der Waals surface area contributed by atoms with Crippen LogP contribution in [0.3, 0.4) is 0 Å². The molecule has 0 aromatic heterocycles. The number of aliphatic hydroxyl groups is 1. The van der Waals surface area contributed by atoms with E-state index in [1.54, 1.807) is 7.11 Å². The Bertz CT molecular complexity index is 359. The van der Waals surface area contributed by atoms with Crippen molar-refractivity contribution >= 4 is 0 Å². The second-order valence-corrected chi connectivity index (χ2v) is 4.17. The highest BCUT2D eigenvalue weighted by atomic mass is 16.5. The second kappa shape index (κ2) is 3.83. The molecule has 1 aromatic carbocycles. The van der Waals surface area contributed by atoms with Crippen LogP contribution in [0.5, 0.6) is 5.75 Å². The van der Waals surface area contributed by atoms with Gasteiger partial charge in [0.05, 0.1) is 13.7 Å². The van der Waals surface area contributed by atoms with Crippen molar-refractivity contribution in [2.45, 2.75) is 31.4 Å². The first-order valence-corrected chi connectivity index (χ1v) is 5.27. The Balaban J connectivity index is 2.46. The average Bonchev–Trinajstić information content (AvgIpc) is 2.24. The largest absolute Gasteiger partial charge is 0.496 e. The Morgan fingerprint density at radius 1 is 1.47 bits per heavy atom. The van der Waals surface area contributed by atoms with Crippen molar-refractivity contribution in [3.8, 4) is 5.75 Å². The van der Waals surface area contributed by atoms with Gasteiger partial charge in [0.25, 0.3) is 0 Å². The van der Waals surface area contributed by atoms with Gasteiger partial charge in [-0.05, 0) is 19.3 Å². The van der Waals surface area contributed by atoms with Gasteiger partial charge in [0.15, 0.2) is 0 Å². The smallest absolute Gasteiger partial charge is 0.129 e. The minimum atomic E-state index is -0.240. The standard InChI is InChI=1S/C12H17NO2/c1-15-11-9(8-14)4-2-5-10(11)12(13)6-3-7-12/h2,4-5,14H,3,6-8,13H2,1H3. The molecule has 1 saturated carbocycles. The normalized spacial score (nSPS) is 18.3. The number of aliphatic hydroxyl groups excluding tert-OH is 1. The molecular formula is C12H17NO2. The predicted molar refractivity (Wildman–Crippen MR) is 58.6 cm³/mol. The molecule has 3 nitrogen and oxygen atoms in total. The molecule has 0 aliphatic heterocycles. The lowest BCUT2D eigenvalue weighted by Crippen LogP contribution is -2.43. The lowest BCUT2D eigenvalue weighted by Gasteiger charge is -2.39. The van der Waals surface area contributed by atoms with Gasteiger partial charge in [-0.2, -0.15) is 0 Å². The van der Waals surface area contributed by atoms with Crippen LogP contribution < -0.4 is 10.5 Å². The van der Waals surface area contributed by atoms with E-state index in [-0.39, 0.29) is 12.1 Å². The van der Waals surface area contributed by atoms with E-state index in [4.69, 9.17) is 10.5 Å². The molecule has 15 heavy (non-hydrogen) atoms. The van der Waals surface area contributed by atoms with E-state index < -0.39 is 0 Å². The van der Waals surface area contributed by atoms with Gasteiger partial charge >= 0.3 is 0 Å². The molecule has 0 unspecified atom stereocenters. The molecule has 0 saturated heterocycles. The average molecular weight is 207 g/mol. The van der Waals surface area contributed by atoms with E-state index in [2.05, 4.69) is 0 Å². The maximum atomic E-state index is 9.21. The molecule has 1 aromatic rings. The van der Waals surface area contributed by atoms with Gasteiger partial charge in [-0.15, -0.1) is 0 Å². The molecule has 82 valence electrons. The molecule has 0 atom stereocenters. The van der Waals surface area contributed by atoms with Crippen LogP contribution in [0, 0.1) is 0 Å². The predicted octanol–water partition coefficient (Wildman–Crippen LogP) is 1.53. The Kier molecular flexibility index (Phi) is 2.67. The van der Waals surface area contributed by atoms with Crippen LogP contribution in [0.1, 0.15) is 30.4 Å². The first-order valence-electron chi connectivity index (χ1n) is 5.27. The zero-order valence-electron chi connectivity index (χ0n) is 8.99. The molecule has 0 radical (unpaired) electrons. The molecule has 2 rings (SSSR count). The number of ether oxygens (including phenoxy) is 1. The van der Waals surface area contributed by atoms with Crippen molar-refractivity contribution < 1.29 is 9.84 Å². The van der Waals surface area contributed by atoms with Crippen LogP contribution in [0.15, 0.2) is 18.2 Å². The third-order valence-corrected chi connectivity index (χ3v) is 3.25. The van der Waals surface area contributed by atoms with Crippen LogP contribution in [-0.4, -0.2) is 12.2 Å². The van der Waals surface area contributed by atoms with Gasteiger partial charge in [-0.3, -0.25) is 0 Å². The van der Waals surface area contributed by atoms with Crippen molar-refractivity contribution in [3.05, 3.63) is 29.3 Å². The first kappa shape index (κ1) is 10.5. The maximum Gasteiger partial charge on any atom is 0.129 e. The molecule has 0 heterocycles. The van der Waals surface area contributed by atoms with E-state index in [1.807, 2.05) is 18.2 Å². The Morgan fingerprint density at radius 3 is 2.67 bits per heavy atom. The van der Waals surface area contributed by atoms with Crippen LogP contribution in [-0.2, 0) is 12.1 Å². The Morgan fingerprint density at radius 2 is 2.20 bits per heavy atom. The van der Waals surface area contributed by atoms with E-state index in [0.717, 1.165) is 29.7 Å². The molecule has 0 bridgehead atoms. The van der Waals surface area contributed by atoms with E-state index in [0.29, 0.717) is 0 Å². The summed E-state index contributed by atoms with van der Waals surface area (Å²) in [4.78, 5) is 0. The van der Waals surface area contributed by atoms with E-state index >= 15 is 0 Å². The summed E-state index contributed by atoms with van der Waals surface area (Å²) in [6, 6.07) is 5.79. The summed E-state index contributed by atoms with van der Waals surface area (Å²) < 4.78 is 5.35. The Labute approximate surface area is 89.9 Å². The van der Waals surface area contributed by atoms with Crippen LogP contribution >= 0.6 is 0 Å². The Hall–Kier alpha value is -1.06. The van der Waals surface area contributed by atoms with Crippen molar-refractivity contribution in [3.63, 3.8) is 0 Å². The highest BCUT2D eigenvalue weighted by Gasteiger charge is 2.37. The van der Waals surface area contributed by atoms with Crippen LogP contribution in [0.2, 0.25) is 0 Å². The fourth-order valence-electron chi connectivity index (χ4n) is 2.17. The SMILES string of the molecule is COc1c(CO)cccc1C1(N)CCC1. The molecule has 1 aliphatic rings. The summed E-state index contributed by atoms with van der Waals surface area (Å²) in [6.45, 7) is -0.00685. The highest BCUT2D eigenvalue weighted by molar-refractivity contribution is 5.46. The van der Waals surface area contributed by atoms with E-state index in [9.17, 15) is 5.11 Å². The fraction of sp³-hybridized carbons (Fsp3) is 0.500. The van der Waals surface area contributed by atoms with Gasteiger partial charge in [-0.1, -0.05) is 18.2 Å². The minimum absolute atomic E-state index is 0.00685. The number of para-hydroxylation sites is 1. The van der Waals surface area contributed by atoms with Gasteiger partial charge in [0.2, 0.25) is 0 Å². The van der Waals surface area contributed by atoms with Crippen molar-refractivity contribution in [1.29, 1.82) is 0 Å². The van der Waals surface area contributed by atoms with Gasteiger partial charge < -0.3 is 15.6 Å². The molecule has 3 heteroatoms. The minimum Gasteiger partial charge on any atom is -0.496 e. The maximum absolute atomic E-state index is 9.21. The van der Waals surface area contributed by atoms with Crippen LogP contribution in [0.4, 0.5) is 0 Å². The summed E-state index contributed by atoms with van der Waals surface area (Å²) in [5, 5.41) is 9.21. The van der Waals surface area contributed by atoms with Crippen molar-refractivity contribution in [2.75, 3.05) is 7.11 Å². The summed E-state index contributed by atoms with van der Waals surface area (Å²) in [5.41, 5.74) is 7.87. The lowest BCUT2D eigenvalue weighted by molar-refractivity contribution is 0.238. The summed E-state index contributed by atoms with van der Waals surface area (Å²) in [7, 11) is 1.63. The van der Waals surface area contributed by atoms with Crippen molar-refractivity contribution in [2.24, 2.45) is 5.73 Å². The van der Waals surface area contributed by atoms with Gasteiger partial charge in [0.1, 0.15) is 5.75 Å². The number of benzene rings is 1. The number of rotatable bonds is 3. The molecule has 0 spiro atoms. The number of hydrogen-bond acceptors (Lipinski definition) is 3. The fourth-order valence-corrected chi connectivity index (χ4v) is 2.17. The molecule has 0 amide bonds. The first-order chi connectivity index (χ1) is 7.21. The highest BCUT2D eigenvalue weighted by Crippen LogP contribution is 2.43. The number of hydrogen-bond donors (Lipinski definition) is 2. The lowest BCUT2D eigenvalue weighted by atomic mass is 9.72. The molecule has 3 N–H and O–H groups in total. The molecular weight excluding hydrogens is 190 g/mol. The van der Waals surface area contributed by atoms with Gasteiger partial charge in [-0.25, -0.2) is 0 Å². The summed E-state index contributed by atoms with van der Waals surface area (Å²) in [5.74, 6) is 0.752. The monoisotopic (exact) mass is 207 g/mol. The summed E-state index contributed by atoms with van der Waals surface area (Å²) in [6.07, 6.45) is 3.17. The molecule has 1 fully saturated rings. The van der Waals surface area contributed by atoms with E-state index in [1.165, 1.54) is 6.42 Å². The zero-order valence-corrected chi connectivity index (χ0v) is 8.99. The van der Waals surface area contributed by atoms with Gasteiger partial charge in [0, 0.05) is 16.7 Å². The number of nitrogens with two attached hydrogens (primary N) is 1.